The predicted octanol–water partition coefficient (Wildman–Crippen LogP) is 1.69. The SMILES string of the molecule is CN(C)CCn1ncc(Cl)c1C1CCC(N)C1. The molecule has 1 heterocycles. The van der Waals surface area contributed by atoms with Gasteiger partial charge in [-0.15, -0.1) is 0 Å². The molecule has 2 atom stereocenters. The number of nitrogens with zero attached hydrogens (tertiary/aromatic N) is 3. The number of aromatic nitrogens is 2. The molecule has 2 rings (SSSR count). The molecule has 1 aliphatic carbocycles. The zero-order valence-corrected chi connectivity index (χ0v) is 11.3. The van der Waals surface area contributed by atoms with Crippen LogP contribution in [0.15, 0.2) is 6.20 Å². The number of likely N-dealkylation sites (N-methyl/N-ethyl adjacent to an activating group) is 1. The molecule has 2 unspecified atom stereocenters. The molecule has 4 nitrogen and oxygen atoms in total. The number of hydrogen-bond donors (Lipinski definition) is 1. The third-order valence-electron chi connectivity index (χ3n) is 3.45. The third-order valence-corrected chi connectivity index (χ3v) is 3.74. The Hall–Kier alpha value is -0.580. The minimum absolute atomic E-state index is 0.327. The van der Waals surface area contributed by atoms with E-state index in [0.29, 0.717) is 12.0 Å². The maximum atomic E-state index is 6.25. The van der Waals surface area contributed by atoms with Crippen LogP contribution in [-0.4, -0.2) is 41.4 Å². The van der Waals surface area contributed by atoms with Crippen molar-refractivity contribution in [1.82, 2.24) is 14.7 Å². The van der Waals surface area contributed by atoms with Crippen LogP contribution in [0.5, 0.6) is 0 Å². The van der Waals surface area contributed by atoms with Gasteiger partial charge in [0.25, 0.3) is 0 Å². The highest BCUT2D eigenvalue weighted by Gasteiger charge is 2.28. The first-order valence-corrected chi connectivity index (χ1v) is 6.57. The molecule has 2 N–H and O–H groups in total. The van der Waals surface area contributed by atoms with Gasteiger partial charge in [0.15, 0.2) is 0 Å². The molecule has 0 spiro atoms. The molecule has 0 radical (unpaired) electrons. The van der Waals surface area contributed by atoms with Crippen LogP contribution in [0.4, 0.5) is 0 Å². The Balaban J connectivity index is 2.12. The van der Waals surface area contributed by atoms with Crippen molar-refractivity contribution < 1.29 is 0 Å². The highest BCUT2D eigenvalue weighted by Crippen LogP contribution is 2.36. The van der Waals surface area contributed by atoms with Crippen molar-refractivity contribution in [2.24, 2.45) is 5.73 Å². The molecule has 0 aliphatic heterocycles. The van der Waals surface area contributed by atoms with Gasteiger partial charge in [0.1, 0.15) is 0 Å². The second kappa shape index (κ2) is 5.38. The van der Waals surface area contributed by atoms with E-state index < -0.39 is 0 Å². The fourth-order valence-corrected chi connectivity index (χ4v) is 2.81. The highest BCUT2D eigenvalue weighted by molar-refractivity contribution is 6.31. The van der Waals surface area contributed by atoms with E-state index in [9.17, 15) is 0 Å². The quantitative estimate of drug-likeness (QED) is 0.892. The van der Waals surface area contributed by atoms with Crippen molar-refractivity contribution in [3.8, 4) is 0 Å². The van der Waals surface area contributed by atoms with Crippen LogP contribution in [0, 0.1) is 0 Å². The van der Waals surface area contributed by atoms with Crippen molar-refractivity contribution in [2.75, 3.05) is 20.6 Å². The standard InChI is InChI=1S/C12H21ClN4/c1-16(2)5-6-17-12(11(13)8-15-17)9-3-4-10(14)7-9/h8-10H,3-7,14H2,1-2H3. The van der Waals surface area contributed by atoms with E-state index in [-0.39, 0.29) is 0 Å². The van der Waals surface area contributed by atoms with Gasteiger partial charge in [-0.1, -0.05) is 11.6 Å². The Morgan fingerprint density at radius 2 is 2.29 bits per heavy atom. The molecule has 17 heavy (non-hydrogen) atoms. The molecule has 0 bridgehead atoms. The lowest BCUT2D eigenvalue weighted by Gasteiger charge is -2.16. The van der Waals surface area contributed by atoms with Crippen LogP contribution in [0.2, 0.25) is 5.02 Å². The van der Waals surface area contributed by atoms with Crippen LogP contribution < -0.4 is 5.73 Å². The molecular formula is C12H21ClN4. The van der Waals surface area contributed by atoms with Gasteiger partial charge in [0.2, 0.25) is 0 Å². The molecule has 96 valence electrons. The summed E-state index contributed by atoms with van der Waals surface area (Å²) in [6.07, 6.45) is 5.03. The summed E-state index contributed by atoms with van der Waals surface area (Å²) in [6.45, 7) is 1.87. The summed E-state index contributed by atoms with van der Waals surface area (Å²) in [4.78, 5) is 2.15. The molecule has 1 aliphatic rings. The van der Waals surface area contributed by atoms with Gasteiger partial charge in [0, 0.05) is 18.5 Å². The number of hydrogen-bond acceptors (Lipinski definition) is 3. The van der Waals surface area contributed by atoms with Crippen LogP contribution in [0.25, 0.3) is 0 Å². The van der Waals surface area contributed by atoms with Gasteiger partial charge < -0.3 is 10.6 Å². The first-order valence-electron chi connectivity index (χ1n) is 6.19. The van der Waals surface area contributed by atoms with E-state index in [0.717, 1.165) is 37.4 Å². The second-order valence-corrected chi connectivity index (χ2v) is 5.58. The van der Waals surface area contributed by atoms with E-state index in [1.165, 1.54) is 5.69 Å². The van der Waals surface area contributed by atoms with E-state index in [1.807, 2.05) is 4.68 Å². The summed E-state index contributed by atoms with van der Waals surface area (Å²) < 4.78 is 2.05. The Bertz CT molecular complexity index is 375. The zero-order chi connectivity index (χ0) is 12.4. The minimum atomic E-state index is 0.327. The van der Waals surface area contributed by atoms with Crippen molar-refractivity contribution >= 4 is 11.6 Å². The Morgan fingerprint density at radius 3 is 2.88 bits per heavy atom. The van der Waals surface area contributed by atoms with Gasteiger partial charge >= 0.3 is 0 Å². The average Bonchev–Trinajstić information content (AvgIpc) is 2.82. The molecule has 0 saturated heterocycles. The smallest absolute Gasteiger partial charge is 0.0820 e. The molecule has 1 fully saturated rings. The second-order valence-electron chi connectivity index (χ2n) is 5.17. The maximum absolute atomic E-state index is 6.25. The topological polar surface area (TPSA) is 47.1 Å². The van der Waals surface area contributed by atoms with Crippen molar-refractivity contribution in [2.45, 2.75) is 37.8 Å². The number of nitrogens with two attached hydrogens (primary N) is 1. The summed E-state index contributed by atoms with van der Waals surface area (Å²) in [5.74, 6) is 0.488. The molecule has 5 heteroatoms. The lowest BCUT2D eigenvalue weighted by atomic mass is 10.0. The van der Waals surface area contributed by atoms with E-state index >= 15 is 0 Å². The summed E-state index contributed by atoms with van der Waals surface area (Å²) in [7, 11) is 4.13. The molecular weight excluding hydrogens is 236 g/mol. The van der Waals surface area contributed by atoms with Gasteiger partial charge in [-0.3, -0.25) is 4.68 Å². The van der Waals surface area contributed by atoms with E-state index in [1.54, 1.807) is 6.20 Å². The van der Waals surface area contributed by atoms with Crippen molar-refractivity contribution in [1.29, 1.82) is 0 Å². The third kappa shape index (κ3) is 3.00. The molecule has 1 aromatic rings. The summed E-state index contributed by atoms with van der Waals surface area (Å²) in [5.41, 5.74) is 7.15. The normalized spacial score (nSPS) is 24.8. The maximum Gasteiger partial charge on any atom is 0.0820 e. The summed E-state index contributed by atoms with van der Waals surface area (Å²) in [6, 6.07) is 0.327. The van der Waals surface area contributed by atoms with Crippen LogP contribution in [-0.2, 0) is 6.54 Å². The minimum Gasteiger partial charge on any atom is -0.328 e. The van der Waals surface area contributed by atoms with Gasteiger partial charge in [-0.25, -0.2) is 0 Å². The number of halogens is 1. The van der Waals surface area contributed by atoms with E-state index in [4.69, 9.17) is 17.3 Å². The van der Waals surface area contributed by atoms with Crippen molar-refractivity contribution in [3.05, 3.63) is 16.9 Å². The van der Waals surface area contributed by atoms with Gasteiger partial charge in [0.05, 0.1) is 23.5 Å². The van der Waals surface area contributed by atoms with E-state index in [2.05, 4.69) is 24.1 Å². The highest BCUT2D eigenvalue weighted by atomic mass is 35.5. The van der Waals surface area contributed by atoms with Crippen LogP contribution in [0.1, 0.15) is 30.9 Å². The van der Waals surface area contributed by atoms with Crippen molar-refractivity contribution in [3.63, 3.8) is 0 Å². The fraction of sp³-hybridized carbons (Fsp3) is 0.750. The molecule has 1 aromatic heterocycles. The lowest BCUT2D eigenvalue weighted by Crippen LogP contribution is -2.21. The fourth-order valence-electron chi connectivity index (χ4n) is 2.52. The first-order chi connectivity index (χ1) is 8.08. The Morgan fingerprint density at radius 1 is 1.53 bits per heavy atom. The summed E-state index contributed by atoms with van der Waals surface area (Å²) >= 11 is 6.25. The lowest BCUT2D eigenvalue weighted by molar-refractivity contribution is 0.366. The summed E-state index contributed by atoms with van der Waals surface area (Å²) in [5, 5.41) is 5.17. The van der Waals surface area contributed by atoms with Gasteiger partial charge in [-0.2, -0.15) is 5.10 Å². The molecule has 1 saturated carbocycles. The Kier molecular flexibility index (Phi) is 4.07. The van der Waals surface area contributed by atoms with Gasteiger partial charge in [-0.05, 0) is 33.4 Å². The van der Waals surface area contributed by atoms with Crippen LogP contribution >= 0.6 is 11.6 Å². The predicted molar refractivity (Wildman–Crippen MR) is 70.4 cm³/mol. The first kappa shape index (κ1) is 12.9. The molecule has 0 amide bonds. The zero-order valence-electron chi connectivity index (χ0n) is 10.6. The molecule has 0 aromatic carbocycles. The van der Waals surface area contributed by atoms with Crippen LogP contribution in [0.3, 0.4) is 0 Å². The monoisotopic (exact) mass is 256 g/mol. The Labute approximate surface area is 108 Å². The largest absolute Gasteiger partial charge is 0.328 e. The average molecular weight is 257 g/mol. The number of rotatable bonds is 4.